The van der Waals surface area contributed by atoms with Crippen LogP contribution in [-0.4, -0.2) is 20.7 Å². The van der Waals surface area contributed by atoms with E-state index in [1.165, 1.54) is 42.5 Å². The van der Waals surface area contributed by atoms with Crippen molar-refractivity contribution in [1.29, 1.82) is 0 Å². The van der Waals surface area contributed by atoms with Gasteiger partial charge in [0.2, 0.25) is 0 Å². The quantitative estimate of drug-likeness (QED) is 0.201. The molecular weight excluding hydrogens is 518 g/mol. The van der Waals surface area contributed by atoms with Gasteiger partial charge in [-0.15, -0.1) is 0 Å². The van der Waals surface area contributed by atoms with Gasteiger partial charge in [0.05, 0.1) is 15.6 Å². The highest BCUT2D eigenvalue weighted by Gasteiger charge is 2.33. The van der Waals surface area contributed by atoms with Crippen LogP contribution in [0.2, 0.25) is 5.02 Å². The lowest BCUT2D eigenvalue weighted by Crippen LogP contribution is -2.39. The van der Waals surface area contributed by atoms with Crippen molar-refractivity contribution in [2.75, 3.05) is 4.31 Å². The fourth-order valence-corrected chi connectivity index (χ4v) is 4.71. The van der Waals surface area contributed by atoms with Crippen molar-refractivity contribution in [1.82, 2.24) is 0 Å². The average Bonchev–Trinajstić information content (AvgIpc) is 2.87. The lowest BCUT2D eigenvalue weighted by Gasteiger charge is -2.22. The molecule has 4 aromatic carbocycles. The molecular formula is C27H20ClNO7S. The van der Waals surface area contributed by atoms with Crippen LogP contribution in [0.5, 0.6) is 17.2 Å². The molecule has 0 unspecified atom stereocenters. The Hall–Kier alpha value is -4.34. The number of aryl methyl sites for hydroxylation is 1. The van der Waals surface area contributed by atoms with E-state index in [1.54, 1.807) is 67.6 Å². The molecule has 4 aromatic rings. The highest BCUT2D eigenvalue weighted by molar-refractivity contribution is 7.93. The third kappa shape index (κ3) is 6.27. The number of carbonyl (C=O) groups is 2. The van der Waals surface area contributed by atoms with Crippen LogP contribution in [0.15, 0.2) is 108 Å². The summed E-state index contributed by atoms with van der Waals surface area (Å²) in [6, 6.07) is 25.9. The number of amides is 1. The highest BCUT2D eigenvalue weighted by atomic mass is 35.5. The second-order valence-electron chi connectivity index (χ2n) is 7.65. The van der Waals surface area contributed by atoms with E-state index in [0.29, 0.717) is 4.31 Å². The first-order valence-corrected chi connectivity index (χ1v) is 12.7. The molecule has 4 rings (SSSR count). The number of rotatable bonds is 6. The van der Waals surface area contributed by atoms with Crippen LogP contribution >= 0.6 is 11.6 Å². The maximum Gasteiger partial charge on any atom is 0.519 e. The summed E-state index contributed by atoms with van der Waals surface area (Å²) >= 11 is 6.30. The number of halogens is 1. The molecule has 1 amide bonds. The van der Waals surface area contributed by atoms with Gasteiger partial charge < -0.3 is 14.2 Å². The van der Waals surface area contributed by atoms with E-state index in [9.17, 15) is 18.0 Å². The van der Waals surface area contributed by atoms with Gasteiger partial charge in [-0.1, -0.05) is 65.7 Å². The largest absolute Gasteiger partial charge is 0.519 e. The van der Waals surface area contributed by atoms with E-state index in [0.717, 1.165) is 5.56 Å². The van der Waals surface area contributed by atoms with E-state index in [2.05, 4.69) is 0 Å². The third-order valence-electron chi connectivity index (χ3n) is 4.96. The molecule has 0 atom stereocenters. The second kappa shape index (κ2) is 11.2. The average molecular weight is 538 g/mol. The Bertz CT molecular complexity index is 1510. The Balaban J connectivity index is 1.65. The van der Waals surface area contributed by atoms with Crippen molar-refractivity contribution in [3.8, 4) is 17.2 Å². The number of hydrogen-bond donors (Lipinski definition) is 0. The number of hydrogen-bond acceptors (Lipinski definition) is 7. The Morgan fingerprint density at radius 3 is 1.86 bits per heavy atom. The molecule has 8 nitrogen and oxygen atoms in total. The standard InChI is InChI=1S/C27H20ClNO7S/c1-19-12-15-23(16-13-19)37(32,33)29(26(30)34-21-8-4-2-5-9-21)20-14-17-25(24(28)18-20)36-27(31)35-22-10-6-3-7-11-22/h2-18H,1H3. The Kier molecular flexibility index (Phi) is 7.76. The van der Waals surface area contributed by atoms with Crippen molar-refractivity contribution < 1.29 is 32.2 Å². The number of nitrogens with zero attached hydrogens (tertiary/aromatic N) is 1. The first kappa shape index (κ1) is 25.7. The normalized spacial score (nSPS) is 10.9. The molecule has 0 fully saturated rings. The first-order chi connectivity index (χ1) is 17.7. The van der Waals surface area contributed by atoms with Crippen molar-refractivity contribution in [2.45, 2.75) is 11.8 Å². The number of ether oxygens (including phenoxy) is 3. The van der Waals surface area contributed by atoms with Gasteiger partial charge in [-0.3, -0.25) is 0 Å². The van der Waals surface area contributed by atoms with Crippen LogP contribution in [0.3, 0.4) is 0 Å². The maximum absolute atomic E-state index is 13.5. The molecule has 0 saturated carbocycles. The highest BCUT2D eigenvalue weighted by Crippen LogP contribution is 2.33. The zero-order valence-corrected chi connectivity index (χ0v) is 21.0. The van der Waals surface area contributed by atoms with Crippen molar-refractivity contribution in [3.63, 3.8) is 0 Å². The van der Waals surface area contributed by atoms with Crippen molar-refractivity contribution in [3.05, 3.63) is 114 Å². The van der Waals surface area contributed by atoms with Gasteiger partial charge in [-0.2, -0.15) is 4.31 Å². The SMILES string of the molecule is Cc1ccc(S(=O)(=O)N(C(=O)Oc2ccccc2)c2ccc(OC(=O)Oc3ccccc3)c(Cl)c2)cc1. The van der Waals surface area contributed by atoms with Crippen LogP contribution < -0.4 is 18.5 Å². The van der Waals surface area contributed by atoms with E-state index in [4.69, 9.17) is 25.8 Å². The third-order valence-corrected chi connectivity index (χ3v) is 6.96. The zero-order valence-electron chi connectivity index (χ0n) is 19.4. The molecule has 0 aliphatic rings. The summed E-state index contributed by atoms with van der Waals surface area (Å²) in [6.45, 7) is 1.80. The fourth-order valence-electron chi connectivity index (χ4n) is 3.18. The van der Waals surface area contributed by atoms with Gasteiger partial charge in [0.15, 0.2) is 5.75 Å². The predicted octanol–water partition coefficient (Wildman–Crippen LogP) is 6.62. The molecule has 0 aromatic heterocycles. The number of benzene rings is 4. The van der Waals surface area contributed by atoms with Gasteiger partial charge >= 0.3 is 12.2 Å². The molecule has 10 heteroatoms. The minimum atomic E-state index is -4.42. The number of anilines is 1. The maximum atomic E-state index is 13.5. The summed E-state index contributed by atoms with van der Waals surface area (Å²) in [5.74, 6) is 0.307. The Morgan fingerprint density at radius 1 is 0.730 bits per heavy atom. The minimum absolute atomic E-state index is 0.101. The summed E-state index contributed by atoms with van der Waals surface area (Å²) in [5, 5.41) is -0.140. The molecule has 0 bridgehead atoms. The second-order valence-corrected chi connectivity index (χ2v) is 9.84. The molecule has 0 spiro atoms. The fraction of sp³-hybridized carbons (Fsp3) is 0.0370. The first-order valence-electron chi connectivity index (χ1n) is 10.9. The Labute approximate surface area is 218 Å². The number of sulfonamides is 1. The van der Waals surface area contributed by atoms with Crippen LogP contribution in [-0.2, 0) is 10.0 Å². The van der Waals surface area contributed by atoms with Gasteiger partial charge in [0.1, 0.15) is 11.5 Å². The summed E-state index contributed by atoms with van der Waals surface area (Å²) in [7, 11) is -4.42. The zero-order chi connectivity index (χ0) is 26.4. The smallest absolute Gasteiger partial charge is 0.409 e. The van der Waals surface area contributed by atoms with E-state index in [1.807, 2.05) is 0 Å². The van der Waals surface area contributed by atoms with Gasteiger partial charge in [0, 0.05) is 0 Å². The summed E-state index contributed by atoms with van der Waals surface area (Å²) < 4.78 is 43.1. The van der Waals surface area contributed by atoms with E-state index >= 15 is 0 Å². The molecule has 37 heavy (non-hydrogen) atoms. The van der Waals surface area contributed by atoms with Crippen LogP contribution in [0, 0.1) is 6.92 Å². The molecule has 0 aliphatic heterocycles. The predicted molar refractivity (Wildman–Crippen MR) is 138 cm³/mol. The molecule has 0 aliphatic carbocycles. The number of carbonyl (C=O) groups excluding carboxylic acids is 2. The molecule has 0 heterocycles. The summed E-state index contributed by atoms with van der Waals surface area (Å²) in [4.78, 5) is 25.2. The van der Waals surface area contributed by atoms with Crippen molar-refractivity contribution in [2.24, 2.45) is 0 Å². The van der Waals surface area contributed by atoms with Crippen LogP contribution in [0.25, 0.3) is 0 Å². The molecule has 0 radical (unpaired) electrons. The van der Waals surface area contributed by atoms with Gasteiger partial charge in [-0.25, -0.2) is 18.0 Å². The van der Waals surface area contributed by atoms with Crippen LogP contribution in [0.1, 0.15) is 5.56 Å². The lowest BCUT2D eigenvalue weighted by molar-refractivity contribution is 0.152. The molecule has 0 N–H and O–H groups in total. The van der Waals surface area contributed by atoms with Crippen LogP contribution in [0.4, 0.5) is 15.3 Å². The molecule has 188 valence electrons. The molecule has 0 saturated heterocycles. The summed E-state index contributed by atoms with van der Waals surface area (Å²) in [5.41, 5.74) is 0.708. The number of para-hydroxylation sites is 2. The van der Waals surface area contributed by atoms with Gasteiger partial charge in [0.25, 0.3) is 10.0 Å². The van der Waals surface area contributed by atoms with E-state index in [-0.39, 0.29) is 32.9 Å². The summed E-state index contributed by atoms with van der Waals surface area (Å²) in [6.07, 6.45) is -2.23. The van der Waals surface area contributed by atoms with E-state index < -0.39 is 22.3 Å². The van der Waals surface area contributed by atoms with Gasteiger partial charge in [-0.05, 0) is 61.5 Å². The monoisotopic (exact) mass is 537 g/mol. The van der Waals surface area contributed by atoms with Crippen molar-refractivity contribution >= 4 is 39.6 Å². The lowest BCUT2D eigenvalue weighted by atomic mass is 10.2. The Morgan fingerprint density at radius 2 is 1.30 bits per heavy atom. The topological polar surface area (TPSA) is 99.2 Å². The minimum Gasteiger partial charge on any atom is -0.409 e.